The zero-order valence-corrected chi connectivity index (χ0v) is 27.3. The van der Waals surface area contributed by atoms with E-state index in [2.05, 4.69) is 109 Å². The van der Waals surface area contributed by atoms with Crippen LogP contribution in [0.3, 0.4) is 0 Å². The summed E-state index contributed by atoms with van der Waals surface area (Å²) in [6.07, 6.45) is 4.55. The van der Waals surface area contributed by atoms with Crippen LogP contribution in [0.1, 0.15) is 94.4 Å². The molecule has 50 heavy (non-hydrogen) atoms. The number of fused-ring (bicyclic) bond motifs is 8. The average molecular weight is 639 g/mol. The summed E-state index contributed by atoms with van der Waals surface area (Å²) in [5.74, 6) is 1.20. The van der Waals surface area contributed by atoms with Crippen LogP contribution in [0, 0.1) is 0 Å². The molecular weight excluding hydrogens is 609 g/mol. The monoisotopic (exact) mass is 638 g/mol. The molecule has 6 aliphatic carbocycles. The van der Waals surface area contributed by atoms with Crippen LogP contribution in [0.2, 0.25) is 0 Å². The van der Waals surface area contributed by atoms with Gasteiger partial charge in [-0.15, -0.1) is 0 Å². The zero-order chi connectivity index (χ0) is 32.2. The summed E-state index contributed by atoms with van der Waals surface area (Å²) in [5, 5.41) is 10.2. The molecule has 7 aromatic carbocycles. The smallest absolute Gasteiger partial charge is 0.0897 e. The highest BCUT2D eigenvalue weighted by Gasteiger charge is 2.42. The van der Waals surface area contributed by atoms with E-state index in [0.717, 1.165) is 47.8 Å². The largest absolute Gasteiger partial charge is 0.249 e. The fourth-order valence-electron chi connectivity index (χ4n) is 10.4. The summed E-state index contributed by atoms with van der Waals surface area (Å²) < 4.78 is 0. The van der Waals surface area contributed by atoms with E-state index in [0.29, 0.717) is 23.7 Å². The second-order valence-electron chi connectivity index (χ2n) is 15.2. The molecule has 2 heterocycles. The van der Waals surface area contributed by atoms with E-state index in [1.54, 1.807) is 0 Å². The first-order valence-corrected chi connectivity index (χ1v) is 18.2. The van der Waals surface area contributed by atoms with Crippen LogP contribution in [-0.4, -0.2) is 19.9 Å². The number of aromatic nitrogens is 4. The van der Waals surface area contributed by atoms with Crippen molar-refractivity contribution in [1.29, 1.82) is 0 Å². The van der Waals surface area contributed by atoms with Gasteiger partial charge in [-0.25, -0.2) is 19.9 Å². The Morgan fingerprint density at radius 1 is 0.300 bits per heavy atom. The van der Waals surface area contributed by atoms with Crippen molar-refractivity contribution in [3.63, 3.8) is 0 Å². The first-order chi connectivity index (χ1) is 24.7. The molecule has 234 valence electrons. The SMILES string of the molecule is c1ccc2cc3nc4c(nc3cc2c1)C1CCC4c2cc3cc4cc5c(cc4cc3cc21)C1CCC5c2nc3cc4ccccc4cc3nc21. The lowest BCUT2D eigenvalue weighted by molar-refractivity contribution is 0.499. The summed E-state index contributed by atoms with van der Waals surface area (Å²) in [6, 6.07) is 40.8. The quantitative estimate of drug-likeness (QED) is 0.155. The van der Waals surface area contributed by atoms with Gasteiger partial charge in [-0.05, 0) is 127 Å². The lowest BCUT2D eigenvalue weighted by Gasteiger charge is -2.39. The maximum atomic E-state index is 5.33. The van der Waals surface area contributed by atoms with Gasteiger partial charge in [0.15, 0.2) is 0 Å². The van der Waals surface area contributed by atoms with E-state index in [-0.39, 0.29) is 0 Å². The molecule has 4 atom stereocenters. The van der Waals surface area contributed by atoms with Gasteiger partial charge in [0.05, 0.1) is 44.8 Å². The van der Waals surface area contributed by atoms with Crippen LogP contribution in [0.25, 0.3) is 65.2 Å². The molecule has 4 unspecified atom stereocenters. The van der Waals surface area contributed by atoms with Gasteiger partial charge < -0.3 is 0 Å². The highest BCUT2D eigenvalue weighted by molar-refractivity contribution is 6.01. The van der Waals surface area contributed by atoms with Gasteiger partial charge in [-0.2, -0.15) is 0 Å². The molecule has 2 aromatic heterocycles. The van der Waals surface area contributed by atoms with Crippen LogP contribution in [-0.2, 0) is 0 Å². The molecule has 0 spiro atoms. The minimum Gasteiger partial charge on any atom is -0.249 e. The van der Waals surface area contributed by atoms with Crippen LogP contribution in [0.4, 0.5) is 0 Å². The Kier molecular flexibility index (Phi) is 4.75. The minimum atomic E-state index is 0.301. The van der Waals surface area contributed by atoms with Crippen molar-refractivity contribution in [2.45, 2.75) is 49.4 Å². The molecule has 0 aliphatic heterocycles. The third-order valence-electron chi connectivity index (χ3n) is 12.7. The Morgan fingerprint density at radius 3 is 0.820 bits per heavy atom. The van der Waals surface area contributed by atoms with Crippen LogP contribution >= 0.6 is 0 Å². The minimum absolute atomic E-state index is 0.301. The molecule has 0 saturated heterocycles. The molecular formula is C46H30N4. The molecule has 0 fully saturated rings. The first kappa shape index (κ1) is 26.2. The number of hydrogen-bond acceptors (Lipinski definition) is 4. The fourth-order valence-corrected chi connectivity index (χ4v) is 10.4. The molecule has 6 aliphatic rings. The molecule has 0 radical (unpaired) electrons. The van der Waals surface area contributed by atoms with E-state index in [1.807, 2.05) is 0 Å². The van der Waals surface area contributed by atoms with Crippen molar-refractivity contribution in [3.05, 3.63) is 154 Å². The highest BCUT2D eigenvalue weighted by atomic mass is 14.9. The fraction of sp³-hybridized carbons (Fsp3) is 0.174. The Bertz CT molecular complexity index is 2630. The Hall–Kier alpha value is -5.74. The topological polar surface area (TPSA) is 51.6 Å². The van der Waals surface area contributed by atoms with Crippen molar-refractivity contribution >= 4 is 65.2 Å². The molecule has 0 amide bonds. The molecule has 4 nitrogen and oxygen atoms in total. The predicted octanol–water partition coefficient (Wildman–Crippen LogP) is 10.9. The Balaban J connectivity index is 0.955. The third-order valence-corrected chi connectivity index (χ3v) is 12.7. The molecule has 15 rings (SSSR count). The van der Waals surface area contributed by atoms with Crippen molar-refractivity contribution < 1.29 is 0 Å². The van der Waals surface area contributed by atoms with E-state index >= 15 is 0 Å². The summed E-state index contributed by atoms with van der Waals surface area (Å²) >= 11 is 0. The number of rotatable bonds is 0. The van der Waals surface area contributed by atoms with Gasteiger partial charge in [-0.1, -0.05) is 72.8 Å². The third kappa shape index (κ3) is 3.36. The zero-order valence-electron chi connectivity index (χ0n) is 27.3. The second-order valence-corrected chi connectivity index (χ2v) is 15.2. The summed E-state index contributed by atoms with van der Waals surface area (Å²) in [4.78, 5) is 21.3. The first-order valence-electron chi connectivity index (χ1n) is 18.2. The molecule has 0 N–H and O–H groups in total. The van der Waals surface area contributed by atoms with Gasteiger partial charge in [0.25, 0.3) is 0 Å². The summed E-state index contributed by atoms with van der Waals surface area (Å²) in [5.41, 5.74) is 14.6. The maximum Gasteiger partial charge on any atom is 0.0897 e. The number of nitrogens with zero attached hydrogens (tertiary/aromatic N) is 4. The molecule has 9 aromatic rings. The van der Waals surface area contributed by atoms with Crippen LogP contribution in [0.5, 0.6) is 0 Å². The maximum absolute atomic E-state index is 5.33. The van der Waals surface area contributed by atoms with E-state index in [9.17, 15) is 0 Å². The van der Waals surface area contributed by atoms with Gasteiger partial charge in [0.2, 0.25) is 0 Å². The van der Waals surface area contributed by atoms with E-state index < -0.39 is 0 Å². The number of benzene rings is 7. The van der Waals surface area contributed by atoms with Gasteiger partial charge in [0, 0.05) is 23.7 Å². The van der Waals surface area contributed by atoms with Gasteiger partial charge in [-0.3, -0.25) is 0 Å². The molecule has 0 saturated carbocycles. The van der Waals surface area contributed by atoms with Crippen molar-refractivity contribution in [2.75, 3.05) is 0 Å². The second kappa shape index (κ2) is 9.08. The normalized spacial score (nSPS) is 21.3. The van der Waals surface area contributed by atoms with Crippen LogP contribution < -0.4 is 0 Å². The summed E-state index contributed by atoms with van der Waals surface area (Å²) in [7, 11) is 0. The van der Waals surface area contributed by atoms with Gasteiger partial charge in [0.1, 0.15) is 0 Å². The Morgan fingerprint density at radius 2 is 0.560 bits per heavy atom. The van der Waals surface area contributed by atoms with Crippen molar-refractivity contribution in [1.82, 2.24) is 19.9 Å². The van der Waals surface area contributed by atoms with Crippen molar-refractivity contribution in [2.24, 2.45) is 0 Å². The lowest BCUT2D eigenvalue weighted by Crippen LogP contribution is -2.27. The Labute approximate surface area is 287 Å². The standard InChI is InChI=1S/C46H30N4/c1-2-6-24-20-40-39(19-23(24)5-1)47-43-31-9-10-32(44(43)48-40)36-16-28-14-30-18-38-34-12-11-33(37(38)17-29(30)13-27(28)15-35(31)36)45-46(34)50-42-22-26-8-4-3-7-25(26)21-41(42)49-45/h1-8,13-22,31-34H,9-12H2. The highest BCUT2D eigenvalue weighted by Crippen LogP contribution is 2.55. The average Bonchev–Trinajstić information content (AvgIpc) is 3.15. The van der Waals surface area contributed by atoms with E-state index in [4.69, 9.17) is 19.9 Å². The van der Waals surface area contributed by atoms with E-state index in [1.165, 1.54) is 88.1 Å². The predicted molar refractivity (Wildman–Crippen MR) is 201 cm³/mol. The number of hydrogen-bond donors (Lipinski definition) is 0. The summed E-state index contributed by atoms with van der Waals surface area (Å²) in [6.45, 7) is 0. The molecule has 4 heteroatoms. The van der Waals surface area contributed by atoms with Gasteiger partial charge >= 0.3 is 0 Å². The lowest BCUT2D eigenvalue weighted by atomic mass is 9.66. The van der Waals surface area contributed by atoms with Crippen LogP contribution in [0.15, 0.2) is 109 Å². The molecule has 4 bridgehead atoms. The van der Waals surface area contributed by atoms with Crippen molar-refractivity contribution in [3.8, 4) is 0 Å².